The van der Waals surface area contributed by atoms with Crippen LogP contribution < -0.4 is 4.72 Å². The van der Waals surface area contributed by atoms with Gasteiger partial charge in [-0.1, -0.05) is 11.6 Å². The minimum Gasteiger partial charge on any atom is -0.299 e. The molecule has 0 saturated carbocycles. The molecule has 2 heterocycles. The predicted octanol–water partition coefficient (Wildman–Crippen LogP) is 2.62. The molecule has 7 heteroatoms. The molecule has 2 saturated heterocycles. The Balaban J connectivity index is 1.80. The number of rotatable bonds is 3. The van der Waals surface area contributed by atoms with E-state index in [0.29, 0.717) is 15.5 Å². The van der Waals surface area contributed by atoms with Gasteiger partial charge in [-0.05, 0) is 59.9 Å². The first kappa shape index (κ1) is 14.8. The van der Waals surface area contributed by atoms with Crippen LogP contribution in [0.3, 0.4) is 0 Å². The Morgan fingerprint density at radius 2 is 2.10 bits per heavy atom. The average Bonchev–Trinajstić information content (AvgIpc) is 2.97. The number of hydrogen-bond acceptors (Lipinski definition) is 3. The number of halogens is 2. The zero-order chi connectivity index (χ0) is 14.3. The molecule has 0 spiro atoms. The molecule has 2 fully saturated rings. The minimum absolute atomic E-state index is 0.0250. The Morgan fingerprint density at radius 3 is 2.85 bits per heavy atom. The quantitative estimate of drug-likeness (QED) is 0.878. The largest absolute Gasteiger partial charge is 0.299 e. The summed E-state index contributed by atoms with van der Waals surface area (Å²) >= 11 is 9.17. The Kier molecular flexibility index (Phi) is 4.12. The van der Waals surface area contributed by atoms with Gasteiger partial charge in [0, 0.05) is 23.1 Å². The van der Waals surface area contributed by atoms with Crippen LogP contribution in [-0.4, -0.2) is 38.5 Å². The normalized spacial score (nSPS) is 26.9. The van der Waals surface area contributed by atoms with Crippen molar-refractivity contribution in [1.29, 1.82) is 0 Å². The summed E-state index contributed by atoms with van der Waals surface area (Å²) in [6.45, 7) is 2.08. The lowest BCUT2D eigenvalue weighted by atomic mass is 10.1. The first-order valence-corrected chi connectivity index (χ1v) is 9.34. The van der Waals surface area contributed by atoms with Gasteiger partial charge >= 0.3 is 0 Å². The van der Waals surface area contributed by atoms with Gasteiger partial charge in [0.05, 0.1) is 9.92 Å². The first-order valence-electron chi connectivity index (χ1n) is 6.69. The Labute approximate surface area is 132 Å². The molecule has 1 N–H and O–H groups in total. The van der Waals surface area contributed by atoms with Crippen LogP contribution in [0.5, 0.6) is 0 Å². The molecule has 2 aliphatic heterocycles. The van der Waals surface area contributed by atoms with Crippen LogP contribution in [-0.2, 0) is 10.0 Å². The molecular formula is C13H16BrClN2O2S. The van der Waals surface area contributed by atoms with E-state index in [4.69, 9.17) is 11.6 Å². The molecular weight excluding hydrogens is 364 g/mol. The van der Waals surface area contributed by atoms with Crippen molar-refractivity contribution in [3.63, 3.8) is 0 Å². The van der Waals surface area contributed by atoms with Crippen LogP contribution >= 0.6 is 27.5 Å². The topological polar surface area (TPSA) is 49.4 Å². The van der Waals surface area contributed by atoms with Crippen molar-refractivity contribution in [2.45, 2.75) is 36.2 Å². The molecule has 0 bridgehead atoms. The fourth-order valence-electron chi connectivity index (χ4n) is 3.13. The third-order valence-corrected chi connectivity index (χ3v) is 6.82. The zero-order valence-electron chi connectivity index (χ0n) is 10.9. The highest BCUT2D eigenvalue weighted by atomic mass is 79.9. The van der Waals surface area contributed by atoms with E-state index in [0.717, 1.165) is 32.4 Å². The highest BCUT2D eigenvalue weighted by molar-refractivity contribution is 9.10. The number of hydrogen-bond donors (Lipinski definition) is 1. The maximum atomic E-state index is 12.4. The van der Waals surface area contributed by atoms with E-state index in [1.165, 1.54) is 6.07 Å². The molecule has 3 rings (SSSR count). The lowest BCUT2D eigenvalue weighted by Crippen LogP contribution is -2.42. The van der Waals surface area contributed by atoms with E-state index >= 15 is 0 Å². The summed E-state index contributed by atoms with van der Waals surface area (Å²) in [6.07, 6.45) is 3.13. The summed E-state index contributed by atoms with van der Waals surface area (Å²) in [5, 5.41) is 0.506. The van der Waals surface area contributed by atoms with Crippen molar-refractivity contribution in [1.82, 2.24) is 9.62 Å². The van der Waals surface area contributed by atoms with Crippen LogP contribution in [0.15, 0.2) is 27.6 Å². The van der Waals surface area contributed by atoms with Gasteiger partial charge in [0.1, 0.15) is 0 Å². The van der Waals surface area contributed by atoms with Gasteiger partial charge in [-0.3, -0.25) is 4.90 Å². The molecule has 0 aromatic heterocycles. The van der Waals surface area contributed by atoms with Crippen LogP contribution in [0.2, 0.25) is 5.02 Å². The van der Waals surface area contributed by atoms with Crippen molar-refractivity contribution in [3.8, 4) is 0 Å². The molecule has 2 aliphatic rings. The molecule has 0 amide bonds. The second-order valence-electron chi connectivity index (χ2n) is 5.34. The van der Waals surface area contributed by atoms with Crippen molar-refractivity contribution in [3.05, 3.63) is 27.7 Å². The lowest BCUT2D eigenvalue weighted by molar-refractivity contribution is 0.309. The molecule has 0 radical (unpaired) electrons. The number of benzene rings is 1. The number of sulfonamides is 1. The molecule has 1 aromatic carbocycles. The standard InChI is InChI=1S/C13H16BrClN2O2S/c14-10-8-9(3-4-11(10)15)20(18,19)16-12-5-7-17-6-1-2-13(12)17/h3-4,8,12-13,16H,1-2,5-7H2. The summed E-state index contributed by atoms with van der Waals surface area (Å²) in [6, 6.07) is 5.07. The maximum absolute atomic E-state index is 12.4. The second kappa shape index (κ2) is 5.57. The molecule has 2 atom stereocenters. The summed E-state index contributed by atoms with van der Waals surface area (Å²) in [5.74, 6) is 0. The Hall–Kier alpha value is -0.140. The minimum atomic E-state index is -3.49. The average molecular weight is 380 g/mol. The van der Waals surface area contributed by atoms with Gasteiger partial charge in [-0.15, -0.1) is 0 Å². The van der Waals surface area contributed by atoms with Crippen molar-refractivity contribution < 1.29 is 8.42 Å². The van der Waals surface area contributed by atoms with Gasteiger partial charge < -0.3 is 0 Å². The van der Waals surface area contributed by atoms with Crippen LogP contribution in [0.4, 0.5) is 0 Å². The highest BCUT2D eigenvalue weighted by Gasteiger charge is 2.39. The van der Waals surface area contributed by atoms with Gasteiger partial charge in [0.25, 0.3) is 0 Å². The lowest BCUT2D eigenvalue weighted by Gasteiger charge is -2.21. The van der Waals surface area contributed by atoms with Crippen molar-refractivity contribution in [2.75, 3.05) is 13.1 Å². The summed E-state index contributed by atoms with van der Waals surface area (Å²) in [7, 11) is -3.49. The number of nitrogens with one attached hydrogen (secondary N) is 1. The van der Waals surface area contributed by atoms with E-state index in [2.05, 4.69) is 25.6 Å². The number of fused-ring (bicyclic) bond motifs is 1. The third-order valence-electron chi connectivity index (χ3n) is 4.11. The van der Waals surface area contributed by atoms with Gasteiger partial charge in [-0.2, -0.15) is 0 Å². The highest BCUT2D eigenvalue weighted by Crippen LogP contribution is 2.30. The van der Waals surface area contributed by atoms with Crippen molar-refractivity contribution in [2.24, 2.45) is 0 Å². The molecule has 4 nitrogen and oxygen atoms in total. The van der Waals surface area contributed by atoms with E-state index in [-0.39, 0.29) is 10.9 Å². The van der Waals surface area contributed by atoms with E-state index in [1.807, 2.05) is 0 Å². The summed E-state index contributed by atoms with van der Waals surface area (Å²) < 4.78 is 28.3. The van der Waals surface area contributed by atoms with Gasteiger partial charge in [0.15, 0.2) is 0 Å². The molecule has 110 valence electrons. The predicted molar refractivity (Wildman–Crippen MR) is 82.5 cm³/mol. The Bertz CT molecular complexity index is 623. The second-order valence-corrected chi connectivity index (χ2v) is 8.31. The van der Waals surface area contributed by atoms with Gasteiger partial charge in [0.2, 0.25) is 10.0 Å². The van der Waals surface area contributed by atoms with E-state index in [1.54, 1.807) is 12.1 Å². The van der Waals surface area contributed by atoms with E-state index < -0.39 is 10.0 Å². The first-order chi connectivity index (χ1) is 9.47. The third kappa shape index (κ3) is 2.76. The molecule has 1 aromatic rings. The van der Waals surface area contributed by atoms with Crippen molar-refractivity contribution >= 4 is 37.6 Å². The fraction of sp³-hybridized carbons (Fsp3) is 0.538. The monoisotopic (exact) mass is 378 g/mol. The smallest absolute Gasteiger partial charge is 0.240 e. The summed E-state index contributed by atoms with van der Waals surface area (Å²) in [4.78, 5) is 2.63. The SMILES string of the molecule is O=S(=O)(NC1CCN2CCCC12)c1ccc(Cl)c(Br)c1. The molecule has 2 unspecified atom stereocenters. The van der Waals surface area contributed by atoms with Crippen LogP contribution in [0, 0.1) is 0 Å². The zero-order valence-corrected chi connectivity index (χ0v) is 14.0. The van der Waals surface area contributed by atoms with E-state index in [9.17, 15) is 8.42 Å². The van der Waals surface area contributed by atoms with Crippen LogP contribution in [0.25, 0.3) is 0 Å². The molecule has 20 heavy (non-hydrogen) atoms. The molecule has 0 aliphatic carbocycles. The van der Waals surface area contributed by atoms with Gasteiger partial charge in [-0.25, -0.2) is 13.1 Å². The Morgan fingerprint density at radius 1 is 1.30 bits per heavy atom. The maximum Gasteiger partial charge on any atom is 0.240 e. The summed E-state index contributed by atoms with van der Waals surface area (Å²) in [5.41, 5.74) is 0. The van der Waals surface area contributed by atoms with Crippen LogP contribution in [0.1, 0.15) is 19.3 Å². The fourth-order valence-corrected chi connectivity index (χ4v) is 5.11. The number of nitrogens with zero attached hydrogens (tertiary/aromatic N) is 1.